The first-order valence-electron chi connectivity index (χ1n) is 12.3. The van der Waals surface area contributed by atoms with E-state index in [1.54, 1.807) is 0 Å². The van der Waals surface area contributed by atoms with Gasteiger partial charge >= 0.3 is 0 Å². The van der Waals surface area contributed by atoms with E-state index in [0.29, 0.717) is 12.4 Å². The fraction of sp³-hybridized carbons (Fsp3) is 0.429. The lowest BCUT2D eigenvalue weighted by Gasteiger charge is -2.31. The average molecular weight is 461 g/mol. The molecule has 2 heterocycles. The summed E-state index contributed by atoms with van der Waals surface area (Å²) < 4.78 is 6.02. The molecular formula is C28H36N4O2. The Morgan fingerprint density at radius 2 is 1.91 bits per heavy atom. The molecule has 2 unspecified atom stereocenters. The van der Waals surface area contributed by atoms with E-state index in [1.165, 1.54) is 5.69 Å². The Labute approximate surface area is 202 Å². The van der Waals surface area contributed by atoms with E-state index < -0.39 is 0 Å². The van der Waals surface area contributed by atoms with Crippen molar-refractivity contribution in [3.05, 3.63) is 71.6 Å². The SMILES string of the molecule is Cc1ccccc1-c1nc(CC2CNCCC2C(=O)NCCCN(C)c2ccccc2)c(C)o1. The molecule has 1 saturated heterocycles. The first kappa shape index (κ1) is 24.0. The highest BCUT2D eigenvalue weighted by atomic mass is 16.4. The summed E-state index contributed by atoms with van der Waals surface area (Å²) in [5.74, 6) is 1.86. The molecule has 1 fully saturated rings. The number of hydrogen-bond acceptors (Lipinski definition) is 5. The molecule has 0 radical (unpaired) electrons. The number of amides is 1. The van der Waals surface area contributed by atoms with E-state index in [-0.39, 0.29) is 17.7 Å². The lowest BCUT2D eigenvalue weighted by molar-refractivity contribution is -0.127. The molecule has 2 aromatic carbocycles. The van der Waals surface area contributed by atoms with E-state index in [0.717, 1.165) is 61.5 Å². The molecule has 0 spiro atoms. The van der Waals surface area contributed by atoms with Crippen LogP contribution in [0.3, 0.4) is 0 Å². The number of carbonyl (C=O) groups excluding carboxylic acids is 1. The maximum Gasteiger partial charge on any atom is 0.226 e. The summed E-state index contributed by atoms with van der Waals surface area (Å²) in [5, 5.41) is 6.65. The molecular weight excluding hydrogens is 424 g/mol. The van der Waals surface area contributed by atoms with Gasteiger partial charge in [0.2, 0.25) is 11.8 Å². The Morgan fingerprint density at radius 3 is 2.71 bits per heavy atom. The van der Waals surface area contributed by atoms with Crippen molar-refractivity contribution in [2.75, 3.05) is 38.1 Å². The van der Waals surface area contributed by atoms with Crippen molar-refractivity contribution in [3.63, 3.8) is 0 Å². The Hall–Kier alpha value is -3.12. The normalized spacial score (nSPS) is 18.0. The number of benzene rings is 2. The summed E-state index contributed by atoms with van der Waals surface area (Å²) in [4.78, 5) is 20.1. The molecule has 1 aliphatic rings. The third-order valence-electron chi connectivity index (χ3n) is 6.83. The largest absolute Gasteiger partial charge is 0.441 e. The number of oxazole rings is 1. The number of nitrogens with one attached hydrogen (secondary N) is 2. The van der Waals surface area contributed by atoms with Crippen LogP contribution in [0, 0.1) is 25.7 Å². The fourth-order valence-electron chi connectivity index (χ4n) is 4.75. The molecule has 1 aromatic heterocycles. The van der Waals surface area contributed by atoms with Gasteiger partial charge < -0.3 is 20.0 Å². The number of para-hydroxylation sites is 1. The number of rotatable bonds is 9. The standard InChI is InChI=1S/C28H36N4O2/c1-20-10-7-8-13-24(20)28-31-26(21(2)34-28)18-22-19-29-16-14-25(22)27(33)30-15-9-17-32(3)23-11-5-4-6-12-23/h4-8,10-13,22,25,29H,9,14-19H2,1-3H3,(H,30,33). The quantitative estimate of drug-likeness (QED) is 0.464. The minimum atomic E-state index is -0.00823. The number of nitrogens with zero attached hydrogens (tertiary/aromatic N) is 2. The summed E-state index contributed by atoms with van der Waals surface area (Å²) >= 11 is 0. The molecule has 2 N–H and O–H groups in total. The van der Waals surface area contributed by atoms with Crippen molar-refractivity contribution in [1.29, 1.82) is 0 Å². The molecule has 0 aliphatic carbocycles. The first-order valence-corrected chi connectivity index (χ1v) is 12.3. The monoisotopic (exact) mass is 460 g/mol. The second-order valence-electron chi connectivity index (χ2n) is 9.30. The molecule has 2 atom stereocenters. The summed E-state index contributed by atoms with van der Waals surface area (Å²) in [5.41, 5.74) is 4.31. The van der Waals surface area contributed by atoms with Gasteiger partial charge in [-0.3, -0.25) is 4.79 Å². The molecule has 6 heteroatoms. The first-order chi connectivity index (χ1) is 16.5. The van der Waals surface area contributed by atoms with Crippen LogP contribution < -0.4 is 15.5 Å². The second-order valence-corrected chi connectivity index (χ2v) is 9.30. The van der Waals surface area contributed by atoms with Crippen LogP contribution in [0.2, 0.25) is 0 Å². The summed E-state index contributed by atoms with van der Waals surface area (Å²) in [6.07, 6.45) is 2.50. The zero-order valence-electron chi connectivity index (χ0n) is 20.5. The van der Waals surface area contributed by atoms with Crippen molar-refractivity contribution < 1.29 is 9.21 Å². The van der Waals surface area contributed by atoms with Gasteiger partial charge in [0.1, 0.15) is 5.76 Å². The number of piperidine rings is 1. The van der Waals surface area contributed by atoms with E-state index in [4.69, 9.17) is 9.40 Å². The van der Waals surface area contributed by atoms with Crippen LogP contribution in [0.5, 0.6) is 0 Å². The number of aryl methyl sites for hydroxylation is 2. The molecule has 180 valence electrons. The van der Waals surface area contributed by atoms with Crippen LogP contribution in [0.1, 0.15) is 29.9 Å². The smallest absolute Gasteiger partial charge is 0.226 e. The van der Waals surface area contributed by atoms with Gasteiger partial charge in [0.25, 0.3) is 0 Å². The van der Waals surface area contributed by atoms with Crippen molar-refractivity contribution >= 4 is 11.6 Å². The molecule has 4 rings (SSSR count). The zero-order valence-corrected chi connectivity index (χ0v) is 20.5. The molecule has 1 amide bonds. The third-order valence-corrected chi connectivity index (χ3v) is 6.83. The van der Waals surface area contributed by atoms with E-state index in [2.05, 4.69) is 47.7 Å². The van der Waals surface area contributed by atoms with Crippen LogP contribution in [0.4, 0.5) is 5.69 Å². The zero-order chi connectivity index (χ0) is 23.9. The van der Waals surface area contributed by atoms with Gasteiger partial charge in [-0.2, -0.15) is 0 Å². The predicted octanol–water partition coefficient (Wildman–Crippen LogP) is 4.37. The van der Waals surface area contributed by atoms with Gasteiger partial charge in [0.15, 0.2) is 0 Å². The molecule has 0 bridgehead atoms. The van der Waals surface area contributed by atoms with Gasteiger partial charge in [0, 0.05) is 37.3 Å². The van der Waals surface area contributed by atoms with Crippen molar-refractivity contribution in [2.45, 2.75) is 33.1 Å². The molecule has 34 heavy (non-hydrogen) atoms. The maximum absolute atomic E-state index is 13.1. The van der Waals surface area contributed by atoms with Crippen LogP contribution in [-0.4, -0.2) is 44.1 Å². The highest BCUT2D eigenvalue weighted by molar-refractivity contribution is 5.79. The summed E-state index contributed by atoms with van der Waals surface area (Å²) in [7, 11) is 2.09. The molecule has 1 aliphatic heterocycles. The van der Waals surface area contributed by atoms with Crippen LogP contribution in [-0.2, 0) is 11.2 Å². The number of carbonyl (C=O) groups is 1. The van der Waals surface area contributed by atoms with Gasteiger partial charge in [-0.15, -0.1) is 0 Å². The molecule has 6 nitrogen and oxygen atoms in total. The van der Waals surface area contributed by atoms with Crippen LogP contribution >= 0.6 is 0 Å². The molecule has 3 aromatic rings. The van der Waals surface area contributed by atoms with Crippen molar-refractivity contribution in [2.24, 2.45) is 11.8 Å². The topological polar surface area (TPSA) is 70.4 Å². The second kappa shape index (κ2) is 11.3. The van der Waals surface area contributed by atoms with Crippen LogP contribution in [0.15, 0.2) is 59.0 Å². The van der Waals surface area contributed by atoms with Gasteiger partial charge in [-0.1, -0.05) is 36.4 Å². The van der Waals surface area contributed by atoms with Gasteiger partial charge in [-0.05, 0) is 75.9 Å². The third kappa shape index (κ3) is 5.86. The number of aromatic nitrogens is 1. The van der Waals surface area contributed by atoms with Gasteiger partial charge in [0.05, 0.1) is 5.69 Å². The van der Waals surface area contributed by atoms with Crippen molar-refractivity contribution in [3.8, 4) is 11.5 Å². The highest BCUT2D eigenvalue weighted by Gasteiger charge is 2.32. The molecule has 0 saturated carbocycles. The average Bonchev–Trinajstić information content (AvgIpc) is 3.22. The highest BCUT2D eigenvalue weighted by Crippen LogP contribution is 2.29. The number of hydrogen-bond donors (Lipinski definition) is 2. The Morgan fingerprint density at radius 1 is 1.15 bits per heavy atom. The Balaban J connectivity index is 1.33. The lowest BCUT2D eigenvalue weighted by atomic mass is 9.82. The summed E-state index contributed by atoms with van der Waals surface area (Å²) in [6.45, 7) is 7.32. The van der Waals surface area contributed by atoms with Gasteiger partial charge in [-0.25, -0.2) is 4.98 Å². The lowest BCUT2D eigenvalue weighted by Crippen LogP contribution is -2.45. The fourth-order valence-corrected chi connectivity index (χ4v) is 4.75. The van der Waals surface area contributed by atoms with E-state index >= 15 is 0 Å². The number of anilines is 1. The predicted molar refractivity (Wildman–Crippen MR) is 137 cm³/mol. The summed E-state index contributed by atoms with van der Waals surface area (Å²) in [6, 6.07) is 18.5. The van der Waals surface area contributed by atoms with Crippen LogP contribution in [0.25, 0.3) is 11.5 Å². The maximum atomic E-state index is 13.1. The van der Waals surface area contributed by atoms with Crippen molar-refractivity contribution in [1.82, 2.24) is 15.6 Å². The Kier molecular flexibility index (Phi) is 8.01. The minimum absolute atomic E-state index is 0.00823. The Bertz CT molecular complexity index is 1080. The minimum Gasteiger partial charge on any atom is -0.441 e. The van der Waals surface area contributed by atoms with E-state index in [1.807, 2.05) is 43.3 Å². The van der Waals surface area contributed by atoms with E-state index in [9.17, 15) is 4.79 Å².